The van der Waals surface area contributed by atoms with Gasteiger partial charge in [-0.15, -0.1) is 12.4 Å². The fourth-order valence-corrected chi connectivity index (χ4v) is 1.95. The van der Waals surface area contributed by atoms with Crippen molar-refractivity contribution in [2.75, 3.05) is 41.0 Å². The summed E-state index contributed by atoms with van der Waals surface area (Å²) in [6, 6.07) is 3.57. The van der Waals surface area contributed by atoms with Gasteiger partial charge in [0.1, 0.15) is 0 Å². The molecule has 1 amide bonds. The van der Waals surface area contributed by atoms with Gasteiger partial charge >= 0.3 is 0 Å². The van der Waals surface area contributed by atoms with Gasteiger partial charge in [0.2, 0.25) is 11.7 Å². The first kappa shape index (κ1) is 20.3. The lowest BCUT2D eigenvalue weighted by atomic mass is 10.1. The van der Waals surface area contributed by atoms with Crippen LogP contribution >= 0.6 is 12.4 Å². The predicted octanol–water partition coefficient (Wildman–Crippen LogP) is 1.40. The molecule has 1 rings (SSSR count). The van der Waals surface area contributed by atoms with Gasteiger partial charge in [0.25, 0.3) is 0 Å². The number of amides is 1. The summed E-state index contributed by atoms with van der Waals surface area (Å²) in [7, 11) is 4.66. The van der Waals surface area contributed by atoms with E-state index in [2.05, 4.69) is 10.6 Å². The standard InChI is InChI=1S/C15H24N2O4.ClH/c1-5-16-6-7-17-14(18)10-11-8-12(19-2)15(21-4)13(9-11)20-3;/h8-9,16H,5-7,10H2,1-4H3,(H,17,18);1H. The zero-order chi connectivity index (χ0) is 15.7. The SMILES string of the molecule is CCNCCNC(=O)Cc1cc(OC)c(OC)c(OC)c1.Cl. The molecule has 0 atom stereocenters. The number of likely N-dealkylation sites (N-methyl/N-ethyl adjacent to an activating group) is 1. The molecule has 0 aliphatic heterocycles. The molecule has 22 heavy (non-hydrogen) atoms. The van der Waals surface area contributed by atoms with E-state index in [4.69, 9.17) is 14.2 Å². The third kappa shape index (κ3) is 5.99. The molecule has 0 saturated heterocycles. The Bertz CT molecular complexity index is 444. The van der Waals surface area contributed by atoms with Crippen molar-refractivity contribution in [2.45, 2.75) is 13.3 Å². The molecule has 0 aliphatic rings. The van der Waals surface area contributed by atoms with Gasteiger partial charge in [-0.05, 0) is 24.2 Å². The summed E-state index contributed by atoms with van der Waals surface area (Å²) in [5.74, 6) is 1.58. The van der Waals surface area contributed by atoms with Crippen LogP contribution in [0.3, 0.4) is 0 Å². The van der Waals surface area contributed by atoms with Crippen molar-refractivity contribution < 1.29 is 19.0 Å². The van der Waals surface area contributed by atoms with E-state index in [0.29, 0.717) is 23.8 Å². The fourth-order valence-electron chi connectivity index (χ4n) is 1.95. The largest absolute Gasteiger partial charge is 0.493 e. The van der Waals surface area contributed by atoms with Crippen LogP contribution in [0.1, 0.15) is 12.5 Å². The summed E-state index contributed by atoms with van der Waals surface area (Å²) in [6.45, 7) is 4.29. The van der Waals surface area contributed by atoms with Crippen LogP contribution in [0.4, 0.5) is 0 Å². The molecule has 0 radical (unpaired) electrons. The van der Waals surface area contributed by atoms with E-state index in [-0.39, 0.29) is 24.7 Å². The van der Waals surface area contributed by atoms with Gasteiger partial charge in [0.05, 0.1) is 27.8 Å². The molecule has 1 aromatic rings. The number of benzene rings is 1. The Morgan fingerprint density at radius 2 is 1.64 bits per heavy atom. The summed E-state index contributed by atoms with van der Waals surface area (Å²) >= 11 is 0. The summed E-state index contributed by atoms with van der Waals surface area (Å²) in [6.07, 6.45) is 0.267. The molecule has 0 unspecified atom stereocenters. The van der Waals surface area contributed by atoms with E-state index >= 15 is 0 Å². The van der Waals surface area contributed by atoms with E-state index in [1.54, 1.807) is 33.5 Å². The predicted molar refractivity (Wildman–Crippen MR) is 88.6 cm³/mol. The summed E-state index contributed by atoms with van der Waals surface area (Å²) in [5.41, 5.74) is 0.811. The maximum atomic E-state index is 11.9. The van der Waals surface area contributed by atoms with E-state index < -0.39 is 0 Å². The molecule has 0 fully saturated rings. The molecule has 0 aliphatic carbocycles. The molecule has 2 N–H and O–H groups in total. The van der Waals surface area contributed by atoms with Crippen LogP contribution in [0, 0.1) is 0 Å². The number of carbonyl (C=O) groups is 1. The fraction of sp³-hybridized carbons (Fsp3) is 0.533. The van der Waals surface area contributed by atoms with Crippen LogP contribution in [-0.2, 0) is 11.2 Å². The first-order valence-electron chi connectivity index (χ1n) is 6.92. The Balaban J connectivity index is 0.00000441. The Morgan fingerprint density at radius 1 is 1.05 bits per heavy atom. The smallest absolute Gasteiger partial charge is 0.224 e. The highest BCUT2D eigenvalue weighted by Gasteiger charge is 2.14. The van der Waals surface area contributed by atoms with E-state index in [0.717, 1.165) is 18.7 Å². The second kappa shape index (κ2) is 11.0. The third-order valence-corrected chi connectivity index (χ3v) is 2.96. The minimum absolute atomic E-state index is 0. The lowest BCUT2D eigenvalue weighted by Gasteiger charge is -2.14. The van der Waals surface area contributed by atoms with Crippen LogP contribution in [0.5, 0.6) is 17.2 Å². The number of methoxy groups -OCH3 is 3. The molecule has 126 valence electrons. The van der Waals surface area contributed by atoms with Crippen LogP contribution in [0.2, 0.25) is 0 Å². The van der Waals surface area contributed by atoms with Gasteiger partial charge < -0.3 is 24.8 Å². The number of halogens is 1. The lowest BCUT2D eigenvalue weighted by molar-refractivity contribution is -0.120. The van der Waals surface area contributed by atoms with Crippen molar-refractivity contribution in [1.82, 2.24) is 10.6 Å². The second-order valence-corrected chi connectivity index (χ2v) is 4.41. The average molecular weight is 333 g/mol. The maximum absolute atomic E-state index is 11.9. The number of rotatable bonds is 9. The molecule has 1 aromatic carbocycles. The molecule has 6 nitrogen and oxygen atoms in total. The quantitative estimate of drug-likeness (QED) is 0.669. The summed E-state index contributed by atoms with van der Waals surface area (Å²) in [4.78, 5) is 11.9. The van der Waals surface area contributed by atoms with Crippen molar-refractivity contribution in [2.24, 2.45) is 0 Å². The Morgan fingerprint density at radius 3 is 2.09 bits per heavy atom. The molecular weight excluding hydrogens is 308 g/mol. The van der Waals surface area contributed by atoms with Crippen molar-refractivity contribution in [3.8, 4) is 17.2 Å². The number of hydrogen-bond acceptors (Lipinski definition) is 5. The zero-order valence-electron chi connectivity index (χ0n) is 13.5. The molecule has 0 heterocycles. The number of hydrogen-bond donors (Lipinski definition) is 2. The molecule has 0 aromatic heterocycles. The molecular formula is C15H25ClN2O4. The third-order valence-electron chi connectivity index (χ3n) is 2.96. The minimum Gasteiger partial charge on any atom is -0.493 e. The van der Waals surface area contributed by atoms with Gasteiger partial charge in [-0.25, -0.2) is 0 Å². The van der Waals surface area contributed by atoms with Crippen molar-refractivity contribution in [3.05, 3.63) is 17.7 Å². The van der Waals surface area contributed by atoms with Gasteiger partial charge in [0.15, 0.2) is 11.5 Å². The normalized spacial score (nSPS) is 9.64. The van der Waals surface area contributed by atoms with Crippen molar-refractivity contribution >= 4 is 18.3 Å². The van der Waals surface area contributed by atoms with Crippen LogP contribution in [0.25, 0.3) is 0 Å². The molecule has 0 bridgehead atoms. The van der Waals surface area contributed by atoms with Crippen molar-refractivity contribution in [1.29, 1.82) is 0 Å². The Hall–Kier alpha value is -1.66. The van der Waals surface area contributed by atoms with Gasteiger partial charge in [-0.1, -0.05) is 6.92 Å². The Labute approximate surface area is 137 Å². The highest BCUT2D eigenvalue weighted by atomic mass is 35.5. The minimum atomic E-state index is -0.0397. The molecule has 0 spiro atoms. The van der Waals surface area contributed by atoms with Gasteiger partial charge in [-0.3, -0.25) is 4.79 Å². The van der Waals surface area contributed by atoms with Crippen LogP contribution in [-0.4, -0.2) is 46.9 Å². The monoisotopic (exact) mass is 332 g/mol. The van der Waals surface area contributed by atoms with E-state index in [1.165, 1.54) is 0 Å². The summed E-state index contributed by atoms with van der Waals surface area (Å²) in [5, 5.41) is 6.00. The van der Waals surface area contributed by atoms with Crippen LogP contribution in [0.15, 0.2) is 12.1 Å². The maximum Gasteiger partial charge on any atom is 0.224 e. The lowest BCUT2D eigenvalue weighted by Crippen LogP contribution is -2.32. The number of carbonyl (C=O) groups excluding carboxylic acids is 1. The molecule has 0 saturated carbocycles. The first-order chi connectivity index (χ1) is 10.2. The highest BCUT2D eigenvalue weighted by molar-refractivity contribution is 5.85. The number of nitrogens with one attached hydrogen (secondary N) is 2. The van der Waals surface area contributed by atoms with E-state index in [9.17, 15) is 4.79 Å². The molecule has 7 heteroatoms. The van der Waals surface area contributed by atoms with Gasteiger partial charge in [0, 0.05) is 13.1 Å². The van der Waals surface area contributed by atoms with Crippen molar-refractivity contribution in [3.63, 3.8) is 0 Å². The zero-order valence-corrected chi connectivity index (χ0v) is 14.3. The Kier molecular flexibility index (Phi) is 10.2. The van der Waals surface area contributed by atoms with E-state index in [1.807, 2.05) is 6.92 Å². The first-order valence-corrected chi connectivity index (χ1v) is 6.92. The van der Waals surface area contributed by atoms with Crippen LogP contribution < -0.4 is 24.8 Å². The highest BCUT2D eigenvalue weighted by Crippen LogP contribution is 2.38. The second-order valence-electron chi connectivity index (χ2n) is 4.41. The topological polar surface area (TPSA) is 68.8 Å². The van der Waals surface area contributed by atoms with Gasteiger partial charge in [-0.2, -0.15) is 0 Å². The summed E-state index contributed by atoms with van der Waals surface area (Å²) < 4.78 is 15.8. The average Bonchev–Trinajstić information content (AvgIpc) is 2.50. The number of ether oxygens (including phenoxy) is 3.